The maximum absolute atomic E-state index is 12.8. The van der Waals surface area contributed by atoms with Crippen molar-refractivity contribution in [1.29, 1.82) is 5.26 Å². The fourth-order valence-corrected chi connectivity index (χ4v) is 4.33. The summed E-state index contributed by atoms with van der Waals surface area (Å²) in [5.41, 5.74) is 0.926. The highest BCUT2D eigenvalue weighted by molar-refractivity contribution is 7.90. The molecule has 0 saturated heterocycles. The Balaban J connectivity index is 2.35. The Hall–Kier alpha value is -2.21. The van der Waals surface area contributed by atoms with Crippen LogP contribution in [0.25, 0.3) is 0 Å². The minimum atomic E-state index is -3.79. The molecule has 1 unspecified atom stereocenters. The van der Waals surface area contributed by atoms with Gasteiger partial charge in [-0.15, -0.1) is 0 Å². The molecule has 2 rings (SSSR count). The van der Waals surface area contributed by atoms with Crippen molar-refractivity contribution in [3.8, 4) is 6.07 Å². The molecule has 0 aromatic heterocycles. The normalized spacial score (nSPS) is 13.4. The molecule has 2 aromatic rings. The number of rotatable bonds is 5. The lowest BCUT2D eigenvalue weighted by Gasteiger charge is -2.25. The predicted octanol–water partition coefficient (Wildman–Crippen LogP) is 2.34. The van der Waals surface area contributed by atoms with Crippen LogP contribution in [0.3, 0.4) is 0 Å². The monoisotopic (exact) mass is 378 g/mol. The Labute approximate surface area is 148 Å². The molecule has 0 heterocycles. The first-order chi connectivity index (χ1) is 11.6. The summed E-state index contributed by atoms with van der Waals surface area (Å²) in [4.78, 5) is 0.212. The highest BCUT2D eigenvalue weighted by Crippen LogP contribution is 2.26. The zero-order chi connectivity index (χ0) is 18.8. The topological polar surface area (TPSA) is 95.3 Å². The summed E-state index contributed by atoms with van der Waals surface area (Å²) in [6.07, 6.45) is 1.12. The molecule has 0 N–H and O–H groups in total. The summed E-state index contributed by atoms with van der Waals surface area (Å²) in [5, 5.41) is 8.94. The third-order valence-electron chi connectivity index (χ3n) is 3.98. The molecule has 0 fully saturated rings. The van der Waals surface area contributed by atoms with Gasteiger partial charge >= 0.3 is 0 Å². The Bertz CT molecular complexity index is 1020. The van der Waals surface area contributed by atoms with Crippen LogP contribution in [-0.2, 0) is 19.9 Å². The smallest absolute Gasteiger partial charge is 0.224 e. The molecule has 0 saturated carbocycles. The van der Waals surface area contributed by atoms with Gasteiger partial charge in [-0.05, 0) is 42.8 Å². The van der Waals surface area contributed by atoms with Gasteiger partial charge in [-0.1, -0.05) is 18.2 Å². The van der Waals surface area contributed by atoms with Crippen molar-refractivity contribution in [3.05, 3.63) is 59.7 Å². The molecule has 25 heavy (non-hydrogen) atoms. The van der Waals surface area contributed by atoms with Crippen LogP contribution in [0, 0.1) is 11.3 Å². The largest absolute Gasteiger partial charge is 0.243 e. The number of hydrogen-bond donors (Lipinski definition) is 0. The summed E-state index contributed by atoms with van der Waals surface area (Å²) in [6.45, 7) is 1.71. The van der Waals surface area contributed by atoms with E-state index in [2.05, 4.69) is 0 Å². The first kappa shape index (κ1) is 19.1. The number of benzene rings is 2. The van der Waals surface area contributed by atoms with Crippen LogP contribution in [0.4, 0.5) is 0 Å². The van der Waals surface area contributed by atoms with Crippen LogP contribution < -0.4 is 0 Å². The van der Waals surface area contributed by atoms with E-state index in [1.807, 2.05) is 6.07 Å². The lowest BCUT2D eigenvalue weighted by atomic mass is 10.1. The standard InChI is InChI=1S/C17H18N2O4S2/c1-13(15-7-9-16(10-8-15)24(3,20)21)19(2)25(22,23)17-6-4-5-14(11-17)12-18/h4-11,13H,1-3H3. The summed E-state index contributed by atoms with van der Waals surface area (Å²) < 4.78 is 49.8. The summed E-state index contributed by atoms with van der Waals surface area (Å²) in [5.74, 6) is 0. The van der Waals surface area contributed by atoms with Crippen molar-refractivity contribution in [3.63, 3.8) is 0 Å². The van der Waals surface area contributed by atoms with E-state index in [1.54, 1.807) is 19.1 Å². The summed E-state index contributed by atoms with van der Waals surface area (Å²) in [6, 6.07) is 13.3. The average Bonchev–Trinajstić information content (AvgIpc) is 2.59. The van der Waals surface area contributed by atoms with Gasteiger partial charge in [0.05, 0.1) is 21.4 Å². The summed E-state index contributed by atoms with van der Waals surface area (Å²) >= 11 is 0. The van der Waals surface area contributed by atoms with Crippen LogP contribution in [-0.4, -0.2) is 34.4 Å². The molecule has 0 aliphatic heterocycles. The second kappa shape index (κ2) is 6.96. The van der Waals surface area contributed by atoms with Crippen molar-refractivity contribution in [2.75, 3.05) is 13.3 Å². The van der Waals surface area contributed by atoms with E-state index < -0.39 is 25.9 Å². The molecule has 0 amide bonds. The predicted molar refractivity (Wildman–Crippen MR) is 94.1 cm³/mol. The van der Waals surface area contributed by atoms with Gasteiger partial charge in [0.15, 0.2) is 9.84 Å². The Morgan fingerprint density at radius 1 is 1.00 bits per heavy atom. The number of sulfone groups is 1. The number of nitriles is 1. The van der Waals surface area contributed by atoms with E-state index in [1.165, 1.54) is 47.8 Å². The number of nitrogens with zero attached hydrogens (tertiary/aromatic N) is 2. The minimum absolute atomic E-state index is 0.0358. The molecule has 0 radical (unpaired) electrons. The van der Waals surface area contributed by atoms with Crippen LogP contribution in [0.5, 0.6) is 0 Å². The Morgan fingerprint density at radius 2 is 1.60 bits per heavy atom. The quantitative estimate of drug-likeness (QED) is 0.796. The molecule has 0 spiro atoms. The first-order valence-electron chi connectivity index (χ1n) is 7.35. The van der Waals surface area contributed by atoms with Crippen LogP contribution in [0.15, 0.2) is 58.3 Å². The Morgan fingerprint density at radius 3 is 2.12 bits per heavy atom. The zero-order valence-corrected chi connectivity index (χ0v) is 15.7. The van der Waals surface area contributed by atoms with Gasteiger partial charge in [0.2, 0.25) is 10.0 Å². The van der Waals surface area contributed by atoms with Gasteiger partial charge in [-0.3, -0.25) is 0 Å². The zero-order valence-electron chi connectivity index (χ0n) is 14.0. The molecule has 0 bridgehead atoms. The molecule has 0 aliphatic rings. The summed E-state index contributed by atoms with van der Waals surface area (Å²) in [7, 11) is -5.65. The van der Waals surface area contributed by atoms with E-state index in [0.717, 1.165) is 6.26 Å². The first-order valence-corrected chi connectivity index (χ1v) is 10.7. The third-order valence-corrected chi connectivity index (χ3v) is 7.03. The van der Waals surface area contributed by atoms with E-state index in [-0.39, 0.29) is 15.4 Å². The van der Waals surface area contributed by atoms with Gasteiger partial charge in [0.1, 0.15) is 0 Å². The number of sulfonamides is 1. The molecule has 132 valence electrons. The van der Waals surface area contributed by atoms with Crippen molar-refractivity contribution in [1.82, 2.24) is 4.31 Å². The molecule has 1 atom stereocenters. The molecule has 8 heteroatoms. The van der Waals surface area contributed by atoms with Crippen LogP contribution >= 0.6 is 0 Å². The molecule has 2 aromatic carbocycles. The second-order valence-electron chi connectivity index (χ2n) is 5.68. The maximum Gasteiger partial charge on any atom is 0.243 e. The van der Waals surface area contributed by atoms with E-state index in [0.29, 0.717) is 5.56 Å². The van der Waals surface area contributed by atoms with Gasteiger partial charge < -0.3 is 0 Å². The van der Waals surface area contributed by atoms with Crippen molar-refractivity contribution < 1.29 is 16.8 Å². The van der Waals surface area contributed by atoms with E-state index in [9.17, 15) is 16.8 Å². The second-order valence-corrected chi connectivity index (χ2v) is 9.69. The maximum atomic E-state index is 12.8. The molecule has 6 nitrogen and oxygen atoms in total. The van der Waals surface area contributed by atoms with Crippen molar-refractivity contribution >= 4 is 19.9 Å². The Kier molecular flexibility index (Phi) is 5.32. The highest BCUT2D eigenvalue weighted by Gasteiger charge is 2.26. The molecular weight excluding hydrogens is 360 g/mol. The average molecular weight is 378 g/mol. The fourth-order valence-electron chi connectivity index (χ4n) is 2.30. The highest BCUT2D eigenvalue weighted by atomic mass is 32.2. The lowest BCUT2D eigenvalue weighted by molar-refractivity contribution is 0.398. The molecular formula is C17H18N2O4S2. The van der Waals surface area contributed by atoms with Gasteiger partial charge in [-0.25, -0.2) is 16.8 Å². The third kappa shape index (κ3) is 4.07. The minimum Gasteiger partial charge on any atom is -0.224 e. The van der Waals surface area contributed by atoms with Crippen LogP contribution in [0.1, 0.15) is 24.1 Å². The van der Waals surface area contributed by atoms with Crippen LogP contribution in [0.2, 0.25) is 0 Å². The van der Waals surface area contributed by atoms with Gasteiger partial charge in [-0.2, -0.15) is 9.57 Å². The van der Waals surface area contributed by atoms with Crippen molar-refractivity contribution in [2.24, 2.45) is 0 Å². The van der Waals surface area contributed by atoms with Crippen molar-refractivity contribution in [2.45, 2.75) is 22.8 Å². The molecule has 0 aliphatic carbocycles. The lowest BCUT2D eigenvalue weighted by Crippen LogP contribution is -2.29. The SMILES string of the molecule is CC(c1ccc(S(C)(=O)=O)cc1)N(C)S(=O)(=O)c1cccc(C#N)c1. The van der Waals surface area contributed by atoms with Gasteiger partial charge in [0.25, 0.3) is 0 Å². The number of hydrogen-bond acceptors (Lipinski definition) is 5. The van der Waals surface area contributed by atoms with Gasteiger partial charge in [0, 0.05) is 19.3 Å². The fraction of sp³-hybridized carbons (Fsp3) is 0.235. The van der Waals surface area contributed by atoms with E-state index >= 15 is 0 Å². The van der Waals surface area contributed by atoms with E-state index in [4.69, 9.17) is 5.26 Å².